The molecule has 25 heavy (non-hydrogen) atoms. The molecule has 130 valence electrons. The zero-order valence-corrected chi connectivity index (χ0v) is 15.6. The molecule has 4 rings (SSSR count). The third-order valence-corrected chi connectivity index (χ3v) is 5.17. The van der Waals surface area contributed by atoms with Gasteiger partial charge in [-0.15, -0.1) is 12.4 Å². The van der Waals surface area contributed by atoms with Gasteiger partial charge >= 0.3 is 0 Å². The van der Waals surface area contributed by atoms with Gasteiger partial charge in [0, 0.05) is 12.0 Å². The molecule has 0 fully saturated rings. The minimum Gasteiger partial charge on any atom is -0.229 e. The molecular formula is C22H26ClN2+. The van der Waals surface area contributed by atoms with Crippen molar-refractivity contribution in [1.29, 1.82) is 0 Å². The molecule has 0 radical (unpaired) electrons. The summed E-state index contributed by atoms with van der Waals surface area (Å²) >= 11 is 0. The lowest BCUT2D eigenvalue weighted by molar-refractivity contribution is -0.695. The van der Waals surface area contributed by atoms with Crippen molar-refractivity contribution in [3.63, 3.8) is 0 Å². The maximum Gasteiger partial charge on any atom is 0.257 e. The molecule has 1 aromatic heterocycles. The van der Waals surface area contributed by atoms with Crippen molar-refractivity contribution in [1.82, 2.24) is 4.57 Å². The summed E-state index contributed by atoms with van der Waals surface area (Å²) in [6.45, 7) is 4.32. The van der Waals surface area contributed by atoms with E-state index in [-0.39, 0.29) is 12.4 Å². The number of hydrogen-bond donors (Lipinski definition) is 0. The molecule has 0 amide bonds. The van der Waals surface area contributed by atoms with Gasteiger partial charge in [0.05, 0.1) is 6.54 Å². The number of imidazole rings is 1. The van der Waals surface area contributed by atoms with Crippen LogP contribution in [0.1, 0.15) is 36.2 Å². The second-order valence-corrected chi connectivity index (χ2v) is 6.81. The third kappa shape index (κ3) is 3.64. The zero-order valence-electron chi connectivity index (χ0n) is 14.8. The van der Waals surface area contributed by atoms with Crippen molar-refractivity contribution in [2.24, 2.45) is 0 Å². The number of aryl methyl sites for hydroxylation is 1. The molecule has 3 aromatic rings. The first kappa shape index (κ1) is 17.8. The van der Waals surface area contributed by atoms with Gasteiger partial charge in [-0.3, -0.25) is 0 Å². The SMILES string of the molecule is Cc1ccccc1C[n+]1cc(-c2ccccc2)n2c1CCCCC2.Cl. The highest BCUT2D eigenvalue weighted by Gasteiger charge is 2.25. The number of aromatic nitrogens is 2. The molecule has 1 aliphatic heterocycles. The Morgan fingerprint density at radius 2 is 1.68 bits per heavy atom. The topological polar surface area (TPSA) is 8.81 Å². The van der Waals surface area contributed by atoms with Crippen LogP contribution in [0, 0.1) is 6.92 Å². The Hall–Kier alpha value is -2.06. The molecule has 1 aliphatic rings. The maximum absolute atomic E-state index is 2.56. The van der Waals surface area contributed by atoms with E-state index in [1.807, 2.05) is 0 Å². The van der Waals surface area contributed by atoms with Crippen LogP contribution >= 0.6 is 12.4 Å². The zero-order chi connectivity index (χ0) is 16.4. The van der Waals surface area contributed by atoms with Gasteiger partial charge in [0.1, 0.15) is 12.7 Å². The summed E-state index contributed by atoms with van der Waals surface area (Å²) in [4.78, 5) is 0. The van der Waals surface area contributed by atoms with Crippen molar-refractivity contribution in [2.45, 2.75) is 45.7 Å². The van der Waals surface area contributed by atoms with E-state index in [4.69, 9.17) is 0 Å². The van der Waals surface area contributed by atoms with Gasteiger partial charge in [0.25, 0.3) is 5.82 Å². The molecule has 0 spiro atoms. The maximum atomic E-state index is 2.56. The molecule has 0 bridgehead atoms. The Morgan fingerprint density at radius 3 is 2.48 bits per heavy atom. The Labute approximate surface area is 156 Å². The Kier molecular flexibility index (Phi) is 5.60. The number of hydrogen-bond acceptors (Lipinski definition) is 0. The molecule has 2 nitrogen and oxygen atoms in total. The number of rotatable bonds is 3. The van der Waals surface area contributed by atoms with Crippen LogP contribution in [0.4, 0.5) is 0 Å². The lowest BCUT2D eigenvalue weighted by atomic mass is 10.1. The average molecular weight is 354 g/mol. The summed E-state index contributed by atoms with van der Waals surface area (Å²) < 4.78 is 5.04. The van der Waals surface area contributed by atoms with Crippen LogP contribution in [0.5, 0.6) is 0 Å². The summed E-state index contributed by atoms with van der Waals surface area (Å²) in [5.41, 5.74) is 5.48. The van der Waals surface area contributed by atoms with Gasteiger partial charge in [-0.05, 0) is 37.3 Å². The van der Waals surface area contributed by atoms with Crippen LogP contribution in [-0.4, -0.2) is 4.57 Å². The molecule has 0 saturated carbocycles. The second-order valence-electron chi connectivity index (χ2n) is 6.81. The van der Waals surface area contributed by atoms with Crippen molar-refractivity contribution < 1.29 is 4.57 Å². The highest BCUT2D eigenvalue weighted by Crippen LogP contribution is 2.24. The average Bonchev–Trinajstić information content (AvgIpc) is 2.79. The van der Waals surface area contributed by atoms with Crippen molar-refractivity contribution in [2.75, 3.05) is 0 Å². The molecule has 2 aromatic carbocycles. The fourth-order valence-electron chi connectivity index (χ4n) is 3.79. The van der Waals surface area contributed by atoms with E-state index in [9.17, 15) is 0 Å². The van der Waals surface area contributed by atoms with E-state index in [1.165, 1.54) is 53.9 Å². The van der Waals surface area contributed by atoms with Crippen LogP contribution in [0.25, 0.3) is 11.3 Å². The molecule has 2 heterocycles. The normalized spacial score (nSPS) is 13.6. The fraction of sp³-hybridized carbons (Fsp3) is 0.318. The molecule has 0 atom stereocenters. The van der Waals surface area contributed by atoms with Gasteiger partial charge < -0.3 is 0 Å². The lowest BCUT2D eigenvalue weighted by Gasteiger charge is -2.05. The largest absolute Gasteiger partial charge is 0.257 e. The van der Waals surface area contributed by atoms with Crippen molar-refractivity contribution in [3.8, 4) is 11.3 Å². The Morgan fingerprint density at radius 1 is 0.920 bits per heavy atom. The first-order chi connectivity index (χ1) is 11.8. The van der Waals surface area contributed by atoms with Gasteiger partial charge in [-0.1, -0.05) is 54.6 Å². The second kappa shape index (κ2) is 7.88. The van der Waals surface area contributed by atoms with E-state index in [0.29, 0.717) is 0 Å². The predicted molar refractivity (Wildman–Crippen MR) is 105 cm³/mol. The smallest absolute Gasteiger partial charge is 0.229 e. The van der Waals surface area contributed by atoms with Gasteiger partial charge in [0.15, 0.2) is 5.69 Å². The van der Waals surface area contributed by atoms with Crippen molar-refractivity contribution in [3.05, 3.63) is 77.7 Å². The summed E-state index contributed by atoms with van der Waals surface area (Å²) in [7, 11) is 0. The Bertz CT molecular complexity index is 836. The highest BCUT2D eigenvalue weighted by molar-refractivity contribution is 5.85. The summed E-state index contributed by atoms with van der Waals surface area (Å²) in [5.74, 6) is 1.48. The van der Waals surface area contributed by atoms with Crippen LogP contribution in [-0.2, 0) is 19.5 Å². The van der Waals surface area contributed by atoms with Crippen LogP contribution < -0.4 is 4.57 Å². The van der Waals surface area contributed by atoms with E-state index >= 15 is 0 Å². The molecule has 0 aliphatic carbocycles. The van der Waals surface area contributed by atoms with Crippen LogP contribution in [0.2, 0.25) is 0 Å². The highest BCUT2D eigenvalue weighted by atomic mass is 35.5. The number of nitrogens with zero attached hydrogens (tertiary/aromatic N) is 2. The Balaban J connectivity index is 0.00000182. The minimum atomic E-state index is 0. The molecule has 3 heteroatoms. The number of benzene rings is 2. The van der Waals surface area contributed by atoms with E-state index < -0.39 is 0 Å². The minimum absolute atomic E-state index is 0. The predicted octanol–water partition coefficient (Wildman–Crippen LogP) is 4.95. The molecule has 0 N–H and O–H groups in total. The van der Waals surface area contributed by atoms with Crippen LogP contribution in [0.3, 0.4) is 0 Å². The van der Waals surface area contributed by atoms with E-state index in [0.717, 1.165) is 13.1 Å². The molecule has 0 unspecified atom stereocenters. The summed E-state index contributed by atoms with van der Waals surface area (Å²) in [6.07, 6.45) is 7.46. The summed E-state index contributed by atoms with van der Waals surface area (Å²) in [5, 5.41) is 0. The van der Waals surface area contributed by atoms with Gasteiger partial charge in [-0.25, -0.2) is 9.13 Å². The van der Waals surface area contributed by atoms with Gasteiger partial charge in [0.2, 0.25) is 0 Å². The molecular weight excluding hydrogens is 328 g/mol. The lowest BCUT2D eigenvalue weighted by Crippen LogP contribution is -2.37. The first-order valence-corrected chi connectivity index (χ1v) is 9.05. The third-order valence-electron chi connectivity index (χ3n) is 5.17. The standard InChI is InChI=1S/C22H25N2.ClH/c1-18-10-7-8-13-20(18)16-23-17-21(19-11-4-2-5-12-19)24-15-9-3-6-14-22(23)24;/h2,4-5,7-8,10-13,17H,3,6,9,14-16H2,1H3;1H/q+1;. The molecule has 0 saturated heterocycles. The summed E-state index contributed by atoms with van der Waals surface area (Å²) in [6, 6.07) is 19.6. The number of halogens is 1. The number of fused-ring (bicyclic) bond motifs is 1. The van der Waals surface area contributed by atoms with E-state index in [2.05, 4.69) is 76.9 Å². The van der Waals surface area contributed by atoms with Gasteiger partial charge in [-0.2, -0.15) is 0 Å². The van der Waals surface area contributed by atoms with Crippen LogP contribution in [0.15, 0.2) is 60.8 Å². The monoisotopic (exact) mass is 353 g/mol. The fourth-order valence-corrected chi connectivity index (χ4v) is 3.79. The van der Waals surface area contributed by atoms with E-state index in [1.54, 1.807) is 0 Å². The van der Waals surface area contributed by atoms with Crippen molar-refractivity contribution >= 4 is 12.4 Å². The quantitative estimate of drug-likeness (QED) is 0.589. The first-order valence-electron chi connectivity index (χ1n) is 9.05.